The second-order valence-electron chi connectivity index (χ2n) is 9.45. The molecule has 200 valence electrons. The molecule has 0 aliphatic heterocycles. The number of aryl methyl sites for hydroxylation is 1. The number of aliphatic carboxylic acids is 1. The van der Waals surface area contributed by atoms with E-state index < -0.39 is 18.0 Å². The molecule has 1 aromatic heterocycles. The molecule has 0 aliphatic rings. The number of anilines is 1. The summed E-state index contributed by atoms with van der Waals surface area (Å²) >= 11 is 0. The molecule has 0 bridgehead atoms. The second-order valence-corrected chi connectivity index (χ2v) is 9.45. The Morgan fingerprint density at radius 2 is 1.52 bits per heavy atom. The van der Waals surface area contributed by atoms with Crippen LogP contribution >= 0.6 is 0 Å². The highest BCUT2D eigenvalue weighted by molar-refractivity contribution is 5.92. The van der Waals surface area contributed by atoms with Crippen LogP contribution in [0.2, 0.25) is 0 Å². The topological polar surface area (TPSA) is 124 Å². The number of amides is 2. The van der Waals surface area contributed by atoms with Crippen LogP contribution in [0.1, 0.15) is 16.7 Å². The summed E-state index contributed by atoms with van der Waals surface area (Å²) in [5.74, 6) is -0.586. The van der Waals surface area contributed by atoms with Gasteiger partial charge in [-0.25, -0.2) is 9.59 Å². The lowest BCUT2D eigenvalue weighted by Crippen LogP contribution is -2.47. The van der Waals surface area contributed by atoms with E-state index in [1.807, 2.05) is 97.9 Å². The summed E-state index contributed by atoms with van der Waals surface area (Å²) in [5, 5.41) is 27.4. The molecule has 1 heterocycles. The van der Waals surface area contributed by atoms with Crippen molar-refractivity contribution in [3.05, 3.63) is 120 Å². The zero-order valence-corrected chi connectivity index (χ0v) is 21.9. The van der Waals surface area contributed by atoms with Crippen molar-refractivity contribution in [2.45, 2.75) is 25.9 Å². The molecule has 0 aliphatic carbocycles. The Morgan fingerprint density at radius 1 is 0.850 bits per heavy atom. The number of carbonyl (C=O) groups is 2. The molecule has 2 amide bonds. The van der Waals surface area contributed by atoms with Gasteiger partial charge in [0.2, 0.25) is 5.82 Å². The molecule has 1 atom stereocenters. The Morgan fingerprint density at radius 3 is 2.17 bits per heavy atom. The summed E-state index contributed by atoms with van der Waals surface area (Å²) < 4.78 is 0. The van der Waals surface area contributed by atoms with Gasteiger partial charge in [-0.1, -0.05) is 96.6 Å². The lowest BCUT2D eigenvalue weighted by atomic mass is 9.98. The Hall–Kier alpha value is -5.31. The smallest absolute Gasteiger partial charge is 0.326 e. The van der Waals surface area contributed by atoms with E-state index in [0.29, 0.717) is 11.5 Å². The van der Waals surface area contributed by atoms with Crippen molar-refractivity contribution in [3.8, 4) is 22.5 Å². The van der Waals surface area contributed by atoms with Crippen molar-refractivity contribution < 1.29 is 14.7 Å². The van der Waals surface area contributed by atoms with E-state index in [4.69, 9.17) is 0 Å². The molecule has 9 heteroatoms. The van der Waals surface area contributed by atoms with Gasteiger partial charge >= 0.3 is 12.0 Å². The first-order chi connectivity index (χ1) is 19.5. The van der Waals surface area contributed by atoms with Crippen LogP contribution in [0, 0.1) is 6.92 Å². The molecule has 0 fully saturated rings. The standard InChI is InChI=1S/C31H28N6O3/c1-21-11-17-25(18-12-21)32-31(40)37(28(30(38)39)19-22-7-3-2-4-8-22)20-23-13-15-24(16-14-23)26-9-5-6-10-27(26)29-33-35-36-34-29/h2-18,28H,19-20H2,1H3,(H,32,40)(H,38,39)(H,33,34,35,36)/t28-/m0/s1. The quantitative estimate of drug-likeness (QED) is 0.228. The zero-order chi connectivity index (χ0) is 27.9. The summed E-state index contributed by atoms with van der Waals surface area (Å²) in [6.07, 6.45) is 0.174. The number of aromatic amines is 1. The van der Waals surface area contributed by atoms with Gasteiger partial charge in [0.15, 0.2) is 0 Å². The fourth-order valence-electron chi connectivity index (χ4n) is 4.52. The number of tetrazole rings is 1. The number of carbonyl (C=O) groups excluding carboxylic acids is 1. The predicted octanol–water partition coefficient (Wildman–Crippen LogP) is 5.57. The molecular formula is C31H28N6O3. The van der Waals surface area contributed by atoms with Crippen molar-refractivity contribution in [3.63, 3.8) is 0 Å². The molecular weight excluding hydrogens is 504 g/mol. The van der Waals surface area contributed by atoms with E-state index in [2.05, 4.69) is 25.9 Å². The van der Waals surface area contributed by atoms with Gasteiger partial charge in [-0.2, -0.15) is 5.21 Å². The van der Waals surface area contributed by atoms with Crippen LogP contribution in [0.15, 0.2) is 103 Å². The molecule has 0 saturated carbocycles. The van der Waals surface area contributed by atoms with Gasteiger partial charge in [-0.3, -0.25) is 0 Å². The largest absolute Gasteiger partial charge is 0.480 e. The minimum Gasteiger partial charge on any atom is -0.480 e. The lowest BCUT2D eigenvalue weighted by molar-refractivity contribution is -0.142. The number of hydrogen-bond acceptors (Lipinski definition) is 5. The maximum atomic E-state index is 13.5. The number of nitrogens with one attached hydrogen (secondary N) is 2. The number of H-pyrrole nitrogens is 1. The van der Waals surface area contributed by atoms with Gasteiger partial charge in [0.25, 0.3) is 0 Å². The van der Waals surface area contributed by atoms with Gasteiger partial charge < -0.3 is 15.3 Å². The third kappa shape index (κ3) is 6.21. The Labute approximate surface area is 231 Å². The summed E-state index contributed by atoms with van der Waals surface area (Å²) in [7, 11) is 0. The number of aromatic nitrogens is 4. The maximum absolute atomic E-state index is 13.5. The highest BCUT2D eigenvalue weighted by Crippen LogP contribution is 2.30. The third-order valence-corrected chi connectivity index (χ3v) is 6.63. The van der Waals surface area contributed by atoms with Crippen LogP contribution < -0.4 is 5.32 Å². The predicted molar refractivity (Wildman–Crippen MR) is 152 cm³/mol. The van der Waals surface area contributed by atoms with Crippen LogP contribution in [-0.2, 0) is 17.8 Å². The Balaban J connectivity index is 1.43. The molecule has 40 heavy (non-hydrogen) atoms. The molecule has 4 aromatic carbocycles. The minimum atomic E-state index is -1.08. The van der Waals surface area contributed by atoms with E-state index in [1.54, 1.807) is 12.1 Å². The maximum Gasteiger partial charge on any atom is 0.326 e. The minimum absolute atomic E-state index is 0.105. The molecule has 5 rings (SSSR count). The van der Waals surface area contributed by atoms with Gasteiger partial charge in [0.1, 0.15) is 6.04 Å². The summed E-state index contributed by atoms with van der Waals surface area (Å²) in [4.78, 5) is 27.4. The van der Waals surface area contributed by atoms with E-state index in [0.717, 1.165) is 33.4 Å². The van der Waals surface area contributed by atoms with Crippen molar-refractivity contribution >= 4 is 17.7 Å². The van der Waals surface area contributed by atoms with Crippen LogP contribution in [0.4, 0.5) is 10.5 Å². The first-order valence-electron chi connectivity index (χ1n) is 12.8. The number of hydrogen-bond donors (Lipinski definition) is 3. The van der Waals surface area contributed by atoms with Crippen LogP contribution in [0.5, 0.6) is 0 Å². The fraction of sp³-hybridized carbons (Fsp3) is 0.129. The average molecular weight is 533 g/mol. The number of rotatable bonds is 9. The monoisotopic (exact) mass is 532 g/mol. The van der Waals surface area contributed by atoms with Crippen molar-refractivity contribution in [1.29, 1.82) is 0 Å². The van der Waals surface area contributed by atoms with Crippen LogP contribution in [0.3, 0.4) is 0 Å². The van der Waals surface area contributed by atoms with Gasteiger partial charge in [0.05, 0.1) is 0 Å². The fourth-order valence-corrected chi connectivity index (χ4v) is 4.52. The van der Waals surface area contributed by atoms with Gasteiger partial charge in [-0.05, 0) is 46.5 Å². The van der Waals surface area contributed by atoms with Gasteiger partial charge in [0, 0.05) is 24.2 Å². The first-order valence-corrected chi connectivity index (χ1v) is 12.8. The Kier molecular flexibility index (Phi) is 7.92. The Bertz CT molecular complexity index is 1570. The number of carboxylic acid groups (broad SMARTS) is 1. The number of benzene rings is 4. The third-order valence-electron chi connectivity index (χ3n) is 6.63. The van der Waals surface area contributed by atoms with E-state index >= 15 is 0 Å². The van der Waals surface area contributed by atoms with Crippen molar-refractivity contribution in [2.24, 2.45) is 0 Å². The molecule has 0 unspecified atom stereocenters. The molecule has 5 aromatic rings. The SMILES string of the molecule is Cc1ccc(NC(=O)N(Cc2ccc(-c3ccccc3-c3nn[nH]n3)cc2)[C@@H](Cc2ccccc2)C(=O)O)cc1. The van der Waals surface area contributed by atoms with Crippen molar-refractivity contribution in [2.75, 3.05) is 5.32 Å². The molecule has 0 saturated heterocycles. The van der Waals surface area contributed by atoms with E-state index in [1.165, 1.54) is 4.90 Å². The summed E-state index contributed by atoms with van der Waals surface area (Å²) in [6, 6.07) is 30.6. The van der Waals surface area contributed by atoms with E-state index in [9.17, 15) is 14.7 Å². The summed E-state index contributed by atoms with van der Waals surface area (Å²) in [6.45, 7) is 2.07. The summed E-state index contributed by atoms with van der Waals surface area (Å²) in [5.41, 5.74) is 5.96. The zero-order valence-electron chi connectivity index (χ0n) is 21.9. The first kappa shape index (κ1) is 26.3. The number of nitrogens with zero attached hydrogens (tertiary/aromatic N) is 4. The van der Waals surface area contributed by atoms with Gasteiger partial charge in [-0.15, -0.1) is 10.2 Å². The highest BCUT2D eigenvalue weighted by atomic mass is 16.4. The molecule has 3 N–H and O–H groups in total. The van der Waals surface area contributed by atoms with Crippen LogP contribution in [0.25, 0.3) is 22.5 Å². The lowest BCUT2D eigenvalue weighted by Gasteiger charge is -2.29. The molecule has 0 spiro atoms. The van der Waals surface area contributed by atoms with Crippen LogP contribution in [-0.4, -0.2) is 48.7 Å². The average Bonchev–Trinajstić information content (AvgIpc) is 3.52. The highest BCUT2D eigenvalue weighted by Gasteiger charge is 2.30. The molecule has 9 nitrogen and oxygen atoms in total. The second kappa shape index (κ2) is 12.0. The normalized spacial score (nSPS) is 11.5. The number of urea groups is 1. The molecule has 0 radical (unpaired) electrons. The number of carboxylic acids is 1. The van der Waals surface area contributed by atoms with E-state index in [-0.39, 0.29) is 13.0 Å². The van der Waals surface area contributed by atoms with Crippen molar-refractivity contribution in [1.82, 2.24) is 25.5 Å².